The summed E-state index contributed by atoms with van der Waals surface area (Å²) in [6, 6.07) is 0. The normalized spacial score (nSPS) is 20.5. The van der Waals surface area contributed by atoms with Crippen LogP contribution in [0.25, 0.3) is 0 Å². The molecule has 0 aliphatic rings. The van der Waals surface area contributed by atoms with E-state index in [2.05, 4.69) is 40.7 Å². The summed E-state index contributed by atoms with van der Waals surface area (Å²) < 4.78 is 134. The van der Waals surface area contributed by atoms with E-state index in [0.717, 1.165) is 11.1 Å². The molecule has 0 fully saturated rings. The number of phosphoric acid groups is 5. The van der Waals surface area contributed by atoms with E-state index < -0.39 is 143 Å². The van der Waals surface area contributed by atoms with Gasteiger partial charge in [0.2, 0.25) is 0 Å². The van der Waals surface area contributed by atoms with Crippen LogP contribution in [0.3, 0.4) is 0 Å². The molecule has 0 spiro atoms. The number of nitrogens with one attached hydrogen (secondary N) is 3. The van der Waals surface area contributed by atoms with Crippen LogP contribution in [0.2, 0.25) is 0 Å². The molecule has 32 heteroatoms. The number of aliphatic hydroxyl groups is 1. The number of rotatable bonds is 32. The smallest absolute Gasteiger partial charge is 0.267 e. The van der Waals surface area contributed by atoms with Crippen LogP contribution in [0.15, 0.2) is 0 Å². The first-order chi connectivity index (χ1) is 22.2. The largest absolute Gasteiger partial charge is 0.756 e. The zero-order valence-electron chi connectivity index (χ0n) is 24.4. The topological polar surface area (TPSA) is 360 Å². The second kappa shape index (κ2) is 24.4. The van der Waals surface area contributed by atoms with Gasteiger partial charge in [-0.25, -0.2) is 0 Å². The number of halogens is 3. The van der Waals surface area contributed by atoms with E-state index >= 15 is 0 Å². The average Bonchev–Trinajstić information content (AvgIpc) is 2.98. The van der Waals surface area contributed by atoms with Crippen LogP contribution in [-0.4, -0.2) is 95.7 Å². The Bertz CT molecular complexity index is 1130. The summed E-state index contributed by atoms with van der Waals surface area (Å²) in [5, 5.41) is 8.95. The number of aliphatic hydroxyl groups excluding tert-OH is 1. The maximum atomic E-state index is 12.6. The molecule has 290 valence electrons. The lowest BCUT2D eigenvalue weighted by Gasteiger charge is -2.29. The molecule has 0 heterocycles. The molecule has 24 nitrogen and oxygen atoms in total. The minimum atomic E-state index is -5.25. The molecule has 0 bridgehead atoms. The molecular weight excluding hydrogens is 782 g/mol. The van der Waals surface area contributed by atoms with E-state index in [-0.39, 0.29) is 0 Å². The third-order valence-electron chi connectivity index (χ3n) is 4.87. The quantitative estimate of drug-likeness (QED) is 0.0253. The summed E-state index contributed by atoms with van der Waals surface area (Å²) in [6.45, 7) is -10.6. The van der Waals surface area contributed by atoms with E-state index in [4.69, 9.17) is 10.00 Å². The van der Waals surface area contributed by atoms with E-state index in [1.165, 1.54) is 5.54 Å². The van der Waals surface area contributed by atoms with Gasteiger partial charge < -0.3 is 75.2 Å². The molecule has 8 unspecified atom stereocenters. The van der Waals surface area contributed by atoms with Gasteiger partial charge in [0.15, 0.2) is 0 Å². The zero-order valence-corrected chi connectivity index (χ0v) is 28.9. The van der Waals surface area contributed by atoms with Crippen molar-refractivity contribution in [3.05, 3.63) is 0 Å². The Hall–Kier alpha value is 0.180. The molecule has 0 aliphatic carbocycles. The molecule has 0 aromatic rings. The van der Waals surface area contributed by atoms with Crippen molar-refractivity contribution in [1.82, 2.24) is 16.6 Å². The standard InChI is InChI=1S/C16H39F3N3O21P5/c17-20-5-14(8-23)9-40-45(27,28)35-1-2-37-47(31,32)42-12-16(7-22-19)13-43-48(33,34)38-4-3-36-46(29,30)41-11-15(6-21-18)10-39-44(24,25)26/h14-16,20-23H,1-13H2,(H,27,28)(H,29,30)(H,31,32)(H,33,34)(H2,24,25,26)/p-5. The molecule has 48 heavy (non-hydrogen) atoms. The Morgan fingerprint density at radius 2 is 0.729 bits per heavy atom. The van der Waals surface area contributed by atoms with Gasteiger partial charge in [0.05, 0.1) is 59.5 Å². The molecule has 0 aromatic heterocycles. The number of hydrogen-bond acceptors (Lipinski definition) is 23. The average molecular weight is 816 g/mol. The molecule has 0 aromatic carbocycles. The SMILES string of the molecule is O=P([O-])(O)OCC(CNF)COP(=O)([O-])OCCOP(=O)([O-])OCC(CNF)COP(=O)([O-])OCCOP(=O)([O-])OCC(CO)CNF. The first-order valence-corrected chi connectivity index (χ1v) is 20.2. The molecule has 0 amide bonds. The van der Waals surface area contributed by atoms with Crippen molar-refractivity contribution in [3.63, 3.8) is 0 Å². The molecule has 0 saturated carbocycles. The summed E-state index contributed by atoms with van der Waals surface area (Å²) in [5.74, 6) is -3.56. The van der Waals surface area contributed by atoms with Gasteiger partial charge in [-0.3, -0.25) is 22.8 Å². The van der Waals surface area contributed by atoms with Crippen LogP contribution in [0.4, 0.5) is 13.4 Å². The van der Waals surface area contributed by atoms with Crippen LogP contribution >= 0.6 is 39.1 Å². The van der Waals surface area contributed by atoms with Crippen LogP contribution in [-0.2, 0) is 63.5 Å². The van der Waals surface area contributed by atoms with Crippen molar-refractivity contribution < 1.29 is 111 Å². The Labute approximate surface area is 270 Å². The van der Waals surface area contributed by atoms with E-state index in [9.17, 15) is 60.7 Å². The highest BCUT2D eigenvalue weighted by atomic mass is 31.2. The van der Waals surface area contributed by atoms with Crippen molar-refractivity contribution in [2.75, 3.05) is 85.7 Å². The van der Waals surface area contributed by atoms with Gasteiger partial charge in [-0.2, -0.15) is 16.6 Å². The summed E-state index contributed by atoms with van der Waals surface area (Å²) >= 11 is 0. The van der Waals surface area contributed by atoms with Crippen molar-refractivity contribution in [2.45, 2.75) is 0 Å². The first-order valence-electron chi connectivity index (χ1n) is 12.9. The van der Waals surface area contributed by atoms with Crippen molar-refractivity contribution in [2.24, 2.45) is 17.8 Å². The summed E-state index contributed by atoms with van der Waals surface area (Å²) in [7, 11) is -25.9. The lowest BCUT2D eigenvalue weighted by molar-refractivity contribution is -0.236. The highest BCUT2D eigenvalue weighted by molar-refractivity contribution is 7.46. The monoisotopic (exact) mass is 816 g/mol. The fourth-order valence-corrected chi connectivity index (χ4v) is 6.03. The highest BCUT2D eigenvalue weighted by Crippen LogP contribution is 2.43. The molecule has 0 radical (unpaired) electrons. The first kappa shape index (κ1) is 48.2. The summed E-state index contributed by atoms with van der Waals surface area (Å²) in [5.41, 5.74) is 3.42. The maximum absolute atomic E-state index is 12.6. The second-order valence-electron chi connectivity index (χ2n) is 8.86. The number of phosphoric ester groups is 5. The van der Waals surface area contributed by atoms with Gasteiger partial charge in [-0.15, -0.1) is 13.4 Å². The van der Waals surface area contributed by atoms with Gasteiger partial charge >= 0.3 is 0 Å². The molecule has 8 atom stereocenters. The fraction of sp³-hybridized carbons (Fsp3) is 1.00. The lowest BCUT2D eigenvalue weighted by Crippen LogP contribution is -2.27. The van der Waals surface area contributed by atoms with Gasteiger partial charge in [0.25, 0.3) is 39.1 Å². The molecule has 0 saturated heterocycles. The van der Waals surface area contributed by atoms with Crippen LogP contribution in [0, 0.1) is 17.8 Å². The molecule has 0 aliphatic heterocycles. The third-order valence-corrected chi connectivity index (χ3v) is 9.20. The van der Waals surface area contributed by atoms with E-state index in [1.807, 2.05) is 0 Å². The Balaban J connectivity index is 4.58. The third kappa shape index (κ3) is 26.9. The van der Waals surface area contributed by atoms with Gasteiger partial charge in [-0.1, -0.05) is 0 Å². The predicted molar refractivity (Wildman–Crippen MR) is 139 cm³/mol. The molecule has 5 N–H and O–H groups in total. The minimum absolute atomic E-state index is 0.437. The van der Waals surface area contributed by atoms with Crippen molar-refractivity contribution >= 4 is 39.1 Å². The maximum Gasteiger partial charge on any atom is 0.267 e. The molecule has 0 rings (SSSR count). The summed E-state index contributed by atoms with van der Waals surface area (Å²) in [4.78, 5) is 66.3. The Kier molecular flexibility index (Phi) is 24.5. The Morgan fingerprint density at radius 3 is 0.979 bits per heavy atom. The second-order valence-corrected chi connectivity index (χ2v) is 15.7. The van der Waals surface area contributed by atoms with Crippen LogP contribution in [0.1, 0.15) is 0 Å². The molecular formula is C16H34F3N3O21P5-5. The number of hydrogen-bond donors (Lipinski definition) is 5. The Morgan fingerprint density at radius 1 is 0.479 bits per heavy atom. The zero-order chi connectivity index (χ0) is 36.9. The van der Waals surface area contributed by atoms with Crippen molar-refractivity contribution in [3.8, 4) is 0 Å². The van der Waals surface area contributed by atoms with Crippen molar-refractivity contribution in [1.29, 1.82) is 0 Å². The van der Waals surface area contributed by atoms with E-state index in [1.54, 1.807) is 0 Å². The fourth-order valence-electron chi connectivity index (χ4n) is 2.57. The highest BCUT2D eigenvalue weighted by Gasteiger charge is 2.21. The summed E-state index contributed by atoms with van der Waals surface area (Å²) in [6.07, 6.45) is 0. The van der Waals surface area contributed by atoms with Gasteiger partial charge in [-0.05, 0) is 0 Å². The van der Waals surface area contributed by atoms with Gasteiger partial charge in [0.1, 0.15) is 0 Å². The minimum Gasteiger partial charge on any atom is -0.756 e. The van der Waals surface area contributed by atoms with E-state index in [0.29, 0.717) is 0 Å². The lowest BCUT2D eigenvalue weighted by atomic mass is 10.2. The predicted octanol–water partition coefficient (Wildman–Crippen LogP) is -3.27. The van der Waals surface area contributed by atoms with Crippen LogP contribution < -0.4 is 41.1 Å². The van der Waals surface area contributed by atoms with Gasteiger partial charge in [0, 0.05) is 44.0 Å². The van der Waals surface area contributed by atoms with Crippen LogP contribution in [0.5, 0.6) is 0 Å².